The van der Waals surface area contributed by atoms with Gasteiger partial charge in [-0.25, -0.2) is 0 Å². The molecule has 2 N–H and O–H groups in total. The summed E-state index contributed by atoms with van der Waals surface area (Å²) in [6, 6.07) is 4.99. The van der Waals surface area contributed by atoms with E-state index in [-0.39, 0.29) is 6.10 Å². The molecule has 3 nitrogen and oxygen atoms in total. The molecular weight excluding hydrogens is 245 g/mol. The second kappa shape index (κ2) is 4.97. The normalized spacial score (nSPS) is 19.6. The molecule has 1 aliphatic heterocycles. The van der Waals surface area contributed by atoms with E-state index in [2.05, 4.69) is 4.99 Å². The molecule has 1 aliphatic rings. The van der Waals surface area contributed by atoms with Crippen LogP contribution in [0.25, 0.3) is 0 Å². The zero-order valence-corrected chi connectivity index (χ0v) is 9.57. The number of ether oxygens (including phenoxy) is 1. The summed E-state index contributed by atoms with van der Waals surface area (Å²) >= 11 is 0. The number of halogens is 3. The highest BCUT2D eigenvalue weighted by atomic mass is 19.4. The fourth-order valence-electron chi connectivity index (χ4n) is 1.68. The molecule has 1 unspecified atom stereocenters. The SMILES string of the molecule is NCC1CN=C(Cc2ccc(C(F)(F)F)cc2)O1. The van der Waals surface area contributed by atoms with Gasteiger partial charge in [0.05, 0.1) is 12.1 Å². The highest BCUT2D eigenvalue weighted by Crippen LogP contribution is 2.29. The van der Waals surface area contributed by atoms with Crippen LogP contribution in [0.2, 0.25) is 0 Å². The number of rotatable bonds is 3. The van der Waals surface area contributed by atoms with E-state index in [9.17, 15) is 13.2 Å². The molecule has 0 fully saturated rings. The maximum Gasteiger partial charge on any atom is 0.416 e. The van der Waals surface area contributed by atoms with Gasteiger partial charge in [0.15, 0.2) is 5.90 Å². The Morgan fingerprint density at radius 2 is 1.94 bits per heavy atom. The molecule has 0 spiro atoms. The maximum absolute atomic E-state index is 12.4. The lowest BCUT2D eigenvalue weighted by Gasteiger charge is -2.09. The highest BCUT2D eigenvalue weighted by molar-refractivity contribution is 5.80. The molecule has 0 aliphatic carbocycles. The minimum absolute atomic E-state index is 0.102. The molecule has 1 aromatic rings. The van der Waals surface area contributed by atoms with Crippen LogP contribution in [-0.4, -0.2) is 25.1 Å². The number of nitrogens with zero attached hydrogens (tertiary/aromatic N) is 1. The molecule has 0 radical (unpaired) electrons. The summed E-state index contributed by atoms with van der Waals surface area (Å²) in [5, 5.41) is 0. The Bertz CT molecular complexity index is 440. The lowest BCUT2D eigenvalue weighted by Crippen LogP contribution is -2.24. The van der Waals surface area contributed by atoms with Gasteiger partial charge in [0.1, 0.15) is 6.10 Å². The van der Waals surface area contributed by atoms with Crippen molar-refractivity contribution in [1.82, 2.24) is 0 Å². The van der Waals surface area contributed by atoms with E-state index in [1.54, 1.807) is 0 Å². The maximum atomic E-state index is 12.4. The molecule has 98 valence electrons. The Hall–Kier alpha value is -1.56. The smallest absolute Gasteiger partial charge is 0.416 e. The predicted octanol–water partition coefficient (Wildman–Crippen LogP) is 2.00. The van der Waals surface area contributed by atoms with E-state index < -0.39 is 11.7 Å². The first-order valence-corrected chi connectivity index (χ1v) is 5.55. The van der Waals surface area contributed by atoms with Crippen molar-refractivity contribution in [2.24, 2.45) is 10.7 Å². The zero-order valence-electron chi connectivity index (χ0n) is 9.57. The van der Waals surface area contributed by atoms with E-state index in [0.29, 0.717) is 25.4 Å². The number of hydrogen-bond acceptors (Lipinski definition) is 3. The van der Waals surface area contributed by atoms with E-state index >= 15 is 0 Å². The van der Waals surface area contributed by atoms with Crippen molar-refractivity contribution in [3.63, 3.8) is 0 Å². The Kier molecular flexibility index (Phi) is 3.56. The van der Waals surface area contributed by atoms with Crippen LogP contribution in [-0.2, 0) is 17.3 Å². The lowest BCUT2D eigenvalue weighted by atomic mass is 10.1. The van der Waals surface area contributed by atoms with Crippen LogP contribution in [0.15, 0.2) is 29.3 Å². The third kappa shape index (κ3) is 3.01. The van der Waals surface area contributed by atoms with Crippen LogP contribution >= 0.6 is 0 Å². The fraction of sp³-hybridized carbons (Fsp3) is 0.417. The number of nitrogens with two attached hydrogens (primary N) is 1. The summed E-state index contributed by atoms with van der Waals surface area (Å²) in [7, 11) is 0. The van der Waals surface area contributed by atoms with Crippen molar-refractivity contribution in [1.29, 1.82) is 0 Å². The third-order valence-corrected chi connectivity index (χ3v) is 2.67. The molecule has 0 aromatic heterocycles. The number of alkyl halides is 3. The van der Waals surface area contributed by atoms with Gasteiger partial charge in [-0.05, 0) is 17.7 Å². The summed E-state index contributed by atoms with van der Waals surface area (Å²) in [5.41, 5.74) is 5.52. The van der Waals surface area contributed by atoms with E-state index in [1.807, 2.05) is 0 Å². The number of hydrogen-bond donors (Lipinski definition) is 1. The minimum atomic E-state index is -4.30. The van der Waals surface area contributed by atoms with E-state index in [1.165, 1.54) is 12.1 Å². The van der Waals surface area contributed by atoms with Crippen LogP contribution in [0.1, 0.15) is 11.1 Å². The molecule has 0 amide bonds. The van der Waals surface area contributed by atoms with Gasteiger partial charge in [0, 0.05) is 13.0 Å². The van der Waals surface area contributed by atoms with Crippen molar-refractivity contribution >= 4 is 5.90 Å². The van der Waals surface area contributed by atoms with Crippen molar-refractivity contribution < 1.29 is 17.9 Å². The van der Waals surface area contributed by atoms with Crippen molar-refractivity contribution in [2.75, 3.05) is 13.1 Å². The van der Waals surface area contributed by atoms with Crippen LogP contribution in [0.5, 0.6) is 0 Å². The third-order valence-electron chi connectivity index (χ3n) is 2.67. The first-order valence-electron chi connectivity index (χ1n) is 5.55. The molecule has 6 heteroatoms. The quantitative estimate of drug-likeness (QED) is 0.901. The number of benzene rings is 1. The highest BCUT2D eigenvalue weighted by Gasteiger charge is 2.30. The Morgan fingerprint density at radius 3 is 2.44 bits per heavy atom. The van der Waals surface area contributed by atoms with Gasteiger partial charge in [-0.3, -0.25) is 4.99 Å². The van der Waals surface area contributed by atoms with Gasteiger partial charge in [-0.2, -0.15) is 13.2 Å². The summed E-state index contributed by atoms with van der Waals surface area (Å²) < 4.78 is 42.5. The molecule has 0 saturated carbocycles. The van der Waals surface area contributed by atoms with Crippen LogP contribution in [0, 0.1) is 0 Å². The summed E-state index contributed by atoms with van der Waals surface area (Å²) in [6.07, 6.45) is -4.01. The average molecular weight is 258 g/mol. The van der Waals surface area contributed by atoms with Crippen LogP contribution in [0.3, 0.4) is 0 Å². The molecule has 1 atom stereocenters. The van der Waals surface area contributed by atoms with Crippen molar-refractivity contribution in [3.05, 3.63) is 35.4 Å². The van der Waals surface area contributed by atoms with Crippen LogP contribution < -0.4 is 5.73 Å². The average Bonchev–Trinajstić information content (AvgIpc) is 2.76. The van der Waals surface area contributed by atoms with E-state index in [4.69, 9.17) is 10.5 Å². The van der Waals surface area contributed by atoms with Gasteiger partial charge in [0.2, 0.25) is 0 Å². The summed E-state index contributed by atoms with van der Waals surface area (Å²) in [5.74, 6) is 0.533. The minimum Gasteiger partial charge on any atom is -0.474 e. The molecule has 18 heavy (non-hydrogen) atoms. The number of aliphatic imine (C=N–C) groups is 1. The fourth-order valence-corrected chi connectivity index (χ4v) is 1.68. The molecule has 1 heterocycles. The van der Waals surface area contributed by atoms with E-state index in [0.717, 1.165) is 17.7 Å². The first-order chi connectivity index (χ1) is 8.49. The molecule has 0 saturated heterocycles. The monoisotopic (exact) mass is 258 g/mol. The molecule has 0 bridgehead atoms. The second-order valence-corrected chi connectivity index (χ2v) is 4.08. The molecule has 1 aromatic carbocycles. The first kappa shape index (κ1) is 12.9. The van der Waals surface area contributed by atoms with Crippen LogP contribution in [0.4, 0.5) is 13.2 Å². The lowest BCUT2D eigenvalue weighted by molar-refractivity contribution is -0.137. The zero-order chi connectivity index (χ0) is 13.2. The van der Waals surface area contributed by atoms with Gasteiger partial charge in [-0.15, -0.1) is 0 Å². The summed E-state index contributed by atoms with van der Waals surface area (Å²) in [4.78, 5) is 4.15. The van der Waals surface area contributed by atoms with Gasteiger partial charge < -0.3 is 10.5 Å². The van der Waals surface area contributed by atoms with Crippen molar-refractivity contribution in [2.45, 2.75) is 18.7 Å². The predicted molar refractivity (Wildman–Crippen MR) is 61.4 cm³/mol. The molecule has 2 rings (SSSR count). The Balaban J connectivity index is 1.99. The van der Waals surface area contributed by atoms with Crippen molar-refractivity contribution in [3.8, 4) is 0 Å². The Morgan fingerprint density at radius 1 is 1.28 bits per heavy atom. The summed E-state index contributed by atoms with van der Waals surface area (Å²) in [6.45, 7) is 0.909. The second-order valence-electron chi connectivity index (χ2n) is 4.08. The standard InChI is InChI=1S/C12H13F3N2O/c13-12(14,15)9-3-1-8(2-4-9)5-11-17-7-10(6-16)18-11/h1-4,10H,5-7,16H2. The van der Waals surface area contributed by atoms with Gasteiger partial charge >= 0.3 is 6.18 Å². The topological polar surface area (TPSA) is 47.6 Å². The largest absolute Gasteiger partial charge is 0.474 e. The Labute approximate surface area is 102 Å². The van der Waals surface area contributed by atoms with Gasteiger partial charge in [0.25, 0.3) is 0 Å². The van der Waals surface area contributed by atoms with Gasteiger partial charge in [-0.1, -0.05) is 12.1 Å². The molecular formula is C12H13F3N2O.